The molecule has 1 unspecified atom stereocenters. The molecule has 0 aliphatic heterocycles. The summed E-state index contributed by atoms with van der Waals surface area (Å²) in [6.07, 6.45) is 10.5. The van der Waals surface area contributed by atoms with Crippen LogP contribution in [0.1, 0.15) is 65.2 Å². The lowest BCUT2D eigenvalue weighted by Crippen LogP contribution is -2.33. The molecule has 0 saturated heterocycles. The standard InChI is InChI=1S/C15H30N2O2S/c1-4-5-6-7-8-9-10-11-12-20-14(2)15(18)17(3)13-16-19/h14H,4-13H2,1-3H3. The number of nitroso groups, excluding NO2 is 1. The molecule has 20 heavy (non-hydrogen) atoms. The summed E-state index contributed by atoms with van der Waals surface area (Å²) in [4.78, 5) is 23.3. The Morgan fingerprint density at radius 2 is 1.65 bits per heavy atom. The third-order valence-electron chi connectivity index (χ3n) is 3.36. The second-order valence-electron chi connectivity index (χ2n) is 5.29. The van der Waals surface area contributed by atoms with E-state index in [0.29, 0.717) is 0 Å². The maximum Gasteiger partial charge on any atom is 0.236 e. The Morgan fingerprint density at radius 3 is 2.20 bits per heavy atom. The van der Waals surface area contributed by atoms with Gasteiger partial charge in [-0.05, 0) is 24.3 Å². The molecule has 0 fully saturated rings. The van der Waals surface area contributed by atoms with Gasteiger partial charge in [-0.1, -0.05) is 51.9 Å². The molecule has 1 amide bonds. The maximum atomic E-state index is 11.8. The predicted octanol–water partition coefficient (Wildman–Crippen LogP) is 4.43. The fourth-order valence-electron chi connectivity index (χ4n) is 2.03. The van der Waals surface area contributed by atoms with E-state index in [0.717, 1.165) is 5.75 Å². The molecule has 0 heterocycles. The highest BCUT2D eigenvalue weighted by atomic mass is 32.2. The van der Waals surface area contributed by atoms with Crippen molar-refractivity contribution in [2.24, 2.45) is 5.18 Å². The van der Waals surface area contributed by atoms with Gasteiger partial charge in [0.2, 0.25) is 5.91 Å². The van der Waals surface area contributed by atoms with Gasteiger partial charge in [0.15, 0.2) is 6.67 Å². The molecule has 4 nitrogen and oxygen atoms in total. The van der Waals surface area contributed by atoms with Crippen molar-refractivity contribution in [3.63, 3.8) is 0 Å². The van der Waals surface area contributed by atoms with E-state index in [1.807, 2.05) is 6.92 Å². The zero-order valence-corrected chi connectivity index (χ0v) is 14.1. The van der Waals surface area contributed by atoms with Crippen molar-refractivity contribution in [2.45, 2.75) is 70.5 Å². The number of rotatable bonds is 13. The van der Waals surface area contributed by atoms with Crippen LogP contribution in [0.3, 0.4) is 0 Å². The number of unbranched alkanes of at least 4 members (excludes halogenated alkanes) is 7. The molecule has 0 spiro atoms. The maximum absolute atomic E-state index is 11.8. The van der Waals surface area contributed by atoms with Gasteiger partial charge in [-0.3, -0.25) is 4.79 Å². The Balaban J connectivity index is 3.45. The molecule has 0 bridgehead atoms. The summed E-state index contributed by atoms with van der Waals surface area (Å²) in [5.41, 5.74) is 0. The van der Waals surface area contributed by atoms with Crippen LogP contribution >= 0.6 is 11.8 Å². The molecule has 0 aromatic heterocycles. The lowest BCUT2D eigenvalue weighted by Gasteiger charge is -2.17. The van der Waals surface area contributed by atoms with Crippen LogP contribution in [-0.4, -0.2) is 35.5 Å². The zero-order valence-electron chi connectivity index (χ0n) is 13.3. The molecular weight excluding hydrogens is 272 g/mol. The van der Waals surface area contributed by atoms with Gasteiger partial charge < -0.3 is 4.90 Å². The highest BCUT2D eigenvalue weighted by Crippen LogP contribution is 2.16. The molecule has 0 aromatic carbocycles. The smallest absolute Gasteiger partial charge is 0.236 e. The van der Waals surface area contributed by atoms with E-state index in [9.17, 15) is 9.70 Å². The second kappa shape index (κ2) is 13.4. The van der Waals surface area contributed by atoms with Crippen LogP contribution < -0.4 is 0 Å². The zero-order chi connectivity index (χ0) is 15.2. The lowest BCUT2D eigenvalue weighted by atomic mass is 10.1. The SMILES string of the molecule is CCCCCCCCCCSC(C)C(=O)N(C)CN=O. The van der Waals surface area contributed by atoms with Crippen LogP contribution in [0.2, 0.25) is 0 Å². The van der Waals surface area contributed by atoms with E-state index in [1.165, 1.54) is 56.3 Å². The first kappa shape index (κ1) is 19.4. The number of amides is 1. The number of hydrogen-bond donors (Lipinski definition) is 0. The average molecular weight is 302 g/mol. The van der Waals surface area contributed by atoms with E-state index < -0.39 is 0 Å². The summed E-state index contributed by atoms with van der Waals surface area (Å²) in [6.45, 7) is 4.09. The van der Waals surface area contributed by atoms with Crippen molar-refractivity contribution in [1.29, 1.82) is 0 Å². The number of nitrogens with zero attached hydrogens (tertiary/aromatic N) is 2. The molecule has 0 aromatic rings. The fraction of sp³-hybridized carbons (Fsp3) is 0.933. The van der Waals surface area contributed by atoms with Crippen molar-refractivity contribution in [3.05, 3.63) is 4.91 Å². The Kier molecular flexibility index (Phi) is 13.0. The molecule has 0 aliphatic carbocycles. The van der Waals surface area contributed by atoms with Crippen molar-refractivity contribution in [1.82, 2.24) is 4.90 Å². The van der Waals surface area contributed by atoms with E-state index >= 15 is 0 Å². The van der Waals surface area contributed by atoms with Gasteiger partial charge in [0.05, 0.1) is 5.25 Å². The van der Waals surface area contributed by atoms with Gasteiger partial charge in [0.1, 0.15) is 0 Å². The summed E-state index contributed by atoms with van der Waals surface area (Å²) >= 11 is 1.68. The third kappa shape index (κ3) is 10.2. The number of carbonyl (C=O) groups excluding carboxylic acids is 1. The Labute approximate surface area is 128 Å². The molecule has 1 atom stereocenters. The van der Waals surface area contributed by atoms with Crippen LogP contribution in [0.4, 0.5) is 0 Å². The van der Waals surface area contributed by atoms with Gasteiger partial charge in [-0.2, -0.15) is 0 Å². The number of carbonyl (C=O) groups is 1. The first-order chi connectivity index (χ1) is 9.63. The van der Waals surface area contributed by atoms with Crippen molar-refractivity contribution in [2.75, 3.05) is 19.5 Å². The van der Waals surface area contributed by atoms with Crippen molar-refractivity contribution >= 4 is 17.7 Å². The van der Waals surface area contributed by atoms with E-state index in [-0.39, 0.29) is 17.8 Å². The topological polar surface area (TPSA) is 49.7 Å². The quantitative estimate of drug-likeness (QED) is 0.373. The van der Waals surface area contributed by atoms with Gasteiger partial charge in [-0.15, -0.1) is 16.7 Å². The minimum atomic E-state index is -0.0775. The normalized spacial score (nSPS) is 12.2. The Bertz CT molecular complexity index is 262. The number of hydrogen-bond acceptors (Lipinski definition) is 4. The molecule has 5 heteroatoms. The van der Waals surface area contributed by atoms with Crippen molar-refractivity contribution in [3.8, 4) is 0 Å². The van der Waals surface area contributed by atoms with Crippen molar-refractivity contribution < 1.29 is 4.79 Å². The van der Waals surface area contributed by atoms with Crippen LogP contribution in [-0.2, 0) is 4.79 Å². The molecule has 0 radical (unpaired) electrons. The largest absolute Gasteiger partial charge is 0.322 e. The van der Waals surface area contributed by atoms with Crippen LogP contribution in [0.5, 0.6) is 0 Å². The van der Waals surface area contributed by atoms with Gasteiger partial charge >= 0.3 is 0 Å². The summed E-state index contributed by atoms with van der Waals surface area (Å²) < 4.78 is 0. The summed E-state index contributed by atoms with van der Waals surface area (Å²) in [5.74, 6) is 1.01. The third-order valence-corrected chi connectivity index (χ3v) is 4.59. The Hall–Kier alpha value is -0.580. The molecule has 0 saturated carbocycles. The fourth-order valence-corrected chi connectivity index (χ4v) is 3.08. The van der Waals surface area contributed by atoms with Gasteiger partial charge in [-0.25, -0.2) is 0 Å². The van der Waals surface area contributed by atoms with Gasteiger partial charge in [0.25, 0.3) is 0 Å². The molecular formula is C15H30N2O2S. The van der Waals surface area contributed by atoms with Crippen LogP contribution in [0.15, 0.2) is 5.18 Å². The molecule has 0 rings (SSSR count). The second-order valence-corrected chi connectivity index (χ2v) is 6.74. The predicted molar refractivity (Wildman–Crippen MR) is 88.0 cm³/mol. The molecule has 118 valence electrons. The van der Waals surface area contributed by atoms with Crippen LogP contribution in [0.25, 0.3) is 0 Å². The summed E-state index contributed by atoms with van der Waals surface area (Å²) in [6, 6.07) is 0. The van der Waals surface area contributed by atoms with E-state index in [2.05, 4.69) is 12.1 Å². The van der Waals surface area contributed by atoms with E-state index in [4.69, 9.17) is 0 Å². The summed E-state index contributed by atoms with van der Waals surface area (Å²) in [5, 5.41) is 2.66. The van der Waals surface area contributed by atoms with E-state index in [1.54, 1.807) is 18.8 Å². The lowest BCUT2D eigenvalue weighted by molar-refractivity contribution is -0.128. The first-order valence-electron chi connectivity index (χ1n) is 7.79. The molecule has 0 N–H and O–H groups in total. The average Bonchev–Trinajstić information content (AvgIpc) is 2.44. The Morgan fingerprint density at radius 1 is 1.10 bits per heavy atom. The minimum Gasteiger partial charge on any atom is -0.322 e. The van der Waals surface area contributed by atoms with Crippen LogP contribution in [0, 0.1) is 4.91 Å². The van der Waals surface area contributed by atoms with Gasteiger partial charge in [0, 0.05) is 7.05 Å². The highest BCUT2D eigenvalue weighted by molar-refractivity contribution is 8.00. The number of thioether (sulfide) groups is 1. The minimum absolute atomic E-state index is 0.00540. The monoisotopic (exact) mass is 302 g/mol. The highest BCUT2D eigenvalue weighted by Gasteiger charge is 2.17. The first-order valence-corrected chi connectivity index (χ1v) is 8.84. The summed E-state index contributed by atoms with van der Waals surface area (Å²) in [7, 11) is 1.62. The molecule has 0 aliphatic rings.